The second-order valence-electron chi connectivity index (χ2n) is 6.94. The number of amides is 1. The average molecular weight is 378 g/mol. The molecule has 0 spiro atoms. The van der Waals surface area contributed by atoms with Gasteiger partial charge in [-0.2, -0.15) is 0 Å². The number of ether oxygens (including phenoxy) is 1. The highest BCUT2D eigenvalue weighted by Crippen LogP contribution is 2.39. The summed E-state index contributed by atoms with van der Waals surface area (Å²) in [5.41, 5.74) is 3.50. The average Bonchev–Trinajstić information content (AvgIpc) is 3.05. The molecule has 28 heavy (non-hydrogen) atoms. The lowest BCUT2D eigenvalue weighted by molar-refractivity contribution is -0.152. The Hall–Kier alpha value is -3.35. The van der Waals surface area contributed by atoms with Gasteiger partial charge in [0, 0.05) is 19.8 Å². The van der Waals surface area contributed by atoms with Crippen molar-refractivity contribution in [1.29, 1.82) is 0 Å². The zero-order valence-corrected chi connectivity index (χ0v) is 16.0. The van der Waals surface area contributed by atoms with Crippen LogP contribution in [0.4, 0.5) is 11.6 Å². The molecule has 1 N–H and O–H groups in total. The number of esters is 1. The standard InChI is InChI=1S/C21H22N4O3/c1-4-28-20(27)17-18(13-9-11-14(12-10-13)24(2)3)25-16-8-6-5-7-15(16)22-21(25)23-19(17)26/h5-12,17-18H,4H2,1-3H3,(H,22,23,26)/t17-,18-/m0/s1. The number of hydrogen-bond donors (Lipinski definition) is 1. The zero-order chi connectivity index (χ0) is 19.8. The first-order chi connectivity index (χ1) is 13.5. The Morgan fingerprint density at radius 3 is 2.57 bits per heavy atom. The second kappa shape index (κ2) is 6.99. The number of rotatable bonds is 4. The topological polar surface area (TPSA) is 76.5 Å². The summed E-state index contributed by atoms with van der Waals surface area (Å²) in [6.45, 7) is 1.95. The number of benzene rings is 2. The number of imidazole rings is 1. The SMILES string of the molecule is CCOC(=O)[C@@H]1C(=O)Nc2nc3ccccc3n2[C@H]1c1ccc(N(C)C)cc1. The van der Waals surface area contributed by atoms with Gasteiger partial charge in [0.2, 0.25) is 11.9 Å². The number of carbonyl (C=O) groups is 2. The van der Waals surface area contributed by atoms with Crippen LogP contribution in [0.25, 0.3) is 11.0 Å². The first-order valence-electron chi connectivity index (χ1n) is 9.23. The molecule has 144 valence electrons. The fourth-order valence-corrected chi connectivity index (χ4v) is 3.67. The number of nitrogens with one attached hydrogen (secondary N) is 1. The molecular weight excluding hydrogens is 356 g/mol. The summed E-state index contributed by atoms with van der Waals surface area (Å²) in [5.74, 6) is -1.49. The highest BCUT2D eigenvalue weighted by atomic mass is 16.5. The van der Waals surface area contributed by atoms with Crippen LogP contribution in [0.1, 0.15) is 18.5 Å². The Morgan fingerprint density at radius 2 is 1.89 bits per heavy atom. The fraction of sp³-hybridized carbons (Fsp3) is 0.286. The molecule has 0 unspecified atom stereocenters. The first kappa shape index (κ1) is 18.0. The first-order valence-corrected chi connectivity index (χ1v) is 9.23. The highest BCUT2D eigenvalue weighted by Gasteiger charge is 2.44. The van der Waals surface area contributed by atoms with Gasteiger partial charge in [-0.25, -0.2) is 4.98 Å². The van der Waals surface area contributed by atoms with E-state index in [4.69, 9.17) is 4.74 Å². The van der Waals surface area contributed by atoms with Crippen LogP contribution in [-0.4, -0.2) is 42.1 Å². The van der Waals surface area contributed by atoms with Crippen LogP contribution in [0.5, 0.6) is 0 Å². The lowest BCUT2D eigenvalue weighted by Crippen LogP contribution is -2.43. The van der Waals surface area contributed by atoms with Gasteiger partial charge in [0.1, 0.15) is 0 Å². The Balaban J connectivity index is 1.91. The molecule has 2 aromatic carbocycles. The molecule has 0 fully saturated rings. The summed E-state index contributed by atoms with van der Waals surface area (Å²) in [6, 6.07) is 14.9. The summed E-state index contributed by atoms with van der Waals surface area (Å²) in [5, 5.41) is 2.77. The van der Waals surface area contributed by atoms with E-state index in [0.29, 0.717) is 5.95 Å². The predicted octanol–water partition coefficient (Wildman–Crippen LogP) is 2.82. The van der Waals surface area contributed by atoms with Crippen LogP contribution in [-0.2, 0) is 14.3 Å². The summed E-state index contributed by atoms with van der Waals surface area (Å²) in [7, 11) is 3.93. The van der Waals surface area contributed by atoms with E-state index < -0.39 is 23.8 Å². The molecule has 2 atom stereocenters. The Kier molecular flexibility index (Phi) is 4.50. The quantitative estimate of drug-likeness (QED) is 0.558. The van der Waals surface area contributed by atoms with Crippen LogP contribution >= 0.6 is 0 Å². The minimum Gasteiger partial charge on any atom is -0.465 e. The van der Waals surface area contributed by atoms with E-state index in [9.17, 15) is 9.59 Å². The van der Waals surface area contributed by atoms with Crippen LogP contribution in [0, 0.1) is 5.92 Å². The monoisotopic (exact) mass is 378 g/mol. The maximum Gasteiger partial charge on any atom is 0.321 e. The van der Waals surface area contributed by atoms with Crippen molar-refractivity contribution in [2.75, 3.05) is 30.9 Å². The Morgan fingerprint density at radius 1 is 1.18 bits per heavy atom. The molecule has 0 radical (unpaired) electrons. The van der Waals surface area contributed by atoms with Crippen molar-refractivity contribution in [2.45, 2.75) is 13.0 Å². The van der Waals surface area contributed by atoms with Crippen molar-refractivity contribution in [3.8, 4) is 0 Å². The molecular formula is C21H22N4O3. The largest absolute Gasteiger partial charge is 0.465 e. The molecule has 0 saturated carbocycles. The van der Waals surface area contributed by atoms with Gasteiger partial charge in [-0.15, -0.1) is 0 Å². The van der Waals surface area contributed by atoms with E-state index in [1.165, 1.54) is 0 Å². The summed E-state index contributed by atoms with van der Waals surface area (Å²) in [6.07, 6.45) is 0. The van der Waals surface area contributed by atoms with Gasteiger partial charge in [0.05, 0.1) is 23.7 Å². The van der Waals surface area contributed by atoms with Gasteiger partial charge in [0.15, 0.2) is 5.92 Å². The minimum absolute atomic E-state index is 0.215. The number of carbonyl (C=O) groups excluding carboxylic acids is 2. The molecule has 3 aromatic rings. The predicted molar refractivity (Wildman–Crippen MR) is 107 cm³/mol. The number of para-hydroxylation sites is 2. The van der Waals surface area contributed by atoms with Gasteiger partial charge in [-0.05, 0) is 36.8 Å². The lowest BCUT2D eigenvalue weighted by atomic mass is 9.90. The number of hydrogen-bond acceptors (Lipinski definition) is 5. The van der Waals surface area contributed by atoms with Crippen LogP contribution < -0.4 is 10.2 Å². The van der Waals surface area contributed by atoms with Gasteiger partial charge >= 0.3 is 5.97 Å². The van der Waals surface area contributed by atoms with Crippen molar-refractivity contribution in [2.24, 2.45) is 5.92 Å². The van der Waals surface area contributed by atoms with Crippen molar-refractivity contribution >= 4 is 34.5 Å². The van der Waals surface area contributed by atoms with Crippen LogP contribution in [0.15, 0.2) is 48.5 Å². The maximum absolute atomic E-state index is 12.8. The molecule has 2 heterocycles. The van der Waals surface area contributed by atoms with Crippen LogP contribution in [0.2, 0.25) is 0 Å². The summed E-state index contributed by atoms with van der Waals surface area (Å²) >= 11 is 0. The van der Waals surface area contributed by atoms with Crippen molar-refractivity contribution in [3.63, 3.8) is 0 Å². The van der Waals surface area contributed by atoms with Crippen molar-refractivity contribution < 1.29 is 14.3 Å². The molecule has 7 nitrogen and oxygen atoms in total. The smallest absolute Gasteiger partial charge is 0.321 e. The van der Waals surface area contributed by atoms with Crippen LogP contribution in [0.3, 0.4) is 0 Å². The van der Waals surface area contributed by atoms with Gasteiger partial charge < -0.3 is 14.2 Å². The van der Waals surface area contributed by atoms with Crippen molar-refractivity contribution in [1.82, 2.24) is 9.55 Å². The third-order valence-corrected chi connectivity index (χ3v) is 5.00. The number of fused-ring (bicyclic) bond motifs is 3. The molecule has 7 heteroatoms. The van der Waals surface area contributed by atoms with E-state index in [1.807, 2.05) is 72.1 Å². The van der Waals surface area contributed by atoms with E-state index in [-0.39, 0.29) is 6.61 Å². The molecule has 0 aliphatic carbocycles. The minimum atomic E-state index is -0.990. The maximum atomic E-state index is 12.8. The van der Waals surface area contributed by atoms with E-state index in [0.717, 1.165) is 22.3 Å². The molecule has 1 aromatic heterocycles. The second-order valence-corrected chi connectivity index (χ2v) is 6.94. The summed E-state index contributed by atoms with van der Waals surface area (Å²) < 4.78 is 7.15. The number of nitrogens with zero attached hydrogens (tertiary/aromatic N) is 3. The Labute approximate surface area is 162 Å². The molecule has 1 aliphatic heterocycles. The molecule has 4 rings (SSSR count). The lowest BCUT2D eigenvalue weighted by Gasteiger charge is -2.32. The molecule has 0 bridgehead atoms. The summed E-state index contributed by atoms with van der Waals surface area (Å²) in [4.78, 5) is 32.1. The third kappa shape index (κ3) is 2.89. The highest BCUT2D eigenvalue weighted by molar-refractivity contribution is 6.07. The van der Waals surface area contributed by atoms with Gasteiger partial charge in [-0.1, -0.05) is 24.3 Å². The van der Waals surface area contributed by atoms with E-state index in [1.54, 1.807) is 6.92 Å². The molecule has 1 amide bonds. The third-order valence-electron chi connectivity index (χ3n) is 5.00. The normalized spacial score (nSPS) is 18.5. The zero-order valence-electron chi connectivity index (χ0n) is 16.0. The fourth-order valence-electron chi connectivity index (χ4n) is 3.67. The number of aromatic nitrogens is 2. The van der Waals surface area contributed by atoms with E-state index in [2.05, 4.69) is 10.3 Å². The molecule has 0 saturated heterocycles. The molecule has 1 aliphatic rings. The van der Waals surface area contributed by atoms with Gasteiger partial charge in [-0.3, -0.25) is 14.9 Å². The van der Waals surface area contributed by atoms with E-state index >= 15 is 0 Å². The Bertz CT molecular complexity index is 1040. The van der Waals surface area contributed by atoms with Gasteiger partial charge in [0.25, 0.3) is 0 Å². The number of anilines is 2. The van der Waals surface area contributed by atoms with Crippen molar-refractivity contribution in [3.05, 3.63) is 54.1 Å².